The fraction of sp³-hybridized carbons (Fsp3) is 1.00. The quantitative estimate of drug-likeness (QED) is 0.0817. The topological polar surface area (TPSA) is 18.5 Å². The summed E-state index contributed by atoms with van der Waals surface area (Å²) in [6, 6.07) is 4.86. The van der Waals surface area contributed by atoms with E-state index in [0.29, 0.717) is 0 Å². The van der Waals surface area contributed by atoms with Gasteiger partial charge in [0.05, 0.1) is 0 Å². The largest absolute Gasteiger partial charge is 0.436 e. The van der Waals surface area contributed by atoms with Gasteiger partial charge in [0.2, 0.25) is 13.4 Å². The molecule has 0 saturated carbocycles. The van der Waals surface area contributed by atoms with Crippen molar-refractivity contribution in [3.05, 3.63) is 0 Å². The molecule has 2 nitrogen and oxygen atoms in total. The SMILES string of the molecule is CCCCCCCCCC[Si](C)(O[Si](C)(C)CC[Si](C)(Cl)Cl)O[Si](C)(C)CC[Si](C)(Cl)Cl. The standard InChI is InChI=1S/C21H50Cl4O2Si5/c1-9-10-11-12-13-14-15-16-17-32(8,26-28(2,3)18-20-30(6,22)23)27-29(4,5)19-21-31(7,24)25/h9-21H2,1-8H3. The van der Waals surface area contributed by atoms with E-state index < -0.39 is 38.6 Å². The third-order valence-electron chi connectivity index (χ3n) is 5.80. The molecule has 0 aromatic rings. The summed E-state index contributed by atoms with van der Waals surface area (Å²) in [6.07, 6.45) is 10.6. The fourth-order valence-corrected chi connectivity index (χ4v) is 28.2. The molecular formula is C21H50Cl4O2Si5. The van der Waals surface area contributed by atoms with Crippen molar-refractivity contribution >= 4 is 82.9 Å². The predicted molar refractivity (Wildman–Crippen MR) is 162 cm³/mol. The Morgan fingerprint density at radius 2 is 0.812 bits per heavy atom. The molecule has 0 fully saturated rings. The van der Waals surface area contributed by atoms with Gasteiger partial charge in [-0.3, -0.25) is 0 Å². The highest BCUT2D eigenvalue weighted by Crippen LogP contribution is 2.34. The second-order valence-electron chi connectivity index (χ2n) is 11.2. The zero-order valence-electron chi connectivity index (χ0n) is 22.0. The minimum absolute atomic E-state index is 0.890. The van der Waals surface area contributed by atoms with Gasteiger partial charge in [0.1, 0.15) is 0 Å². The van der Waals surface area contributed by atoms with Crippen LogP contribution in [0.4, 0.5) is 0 Å². The second kappa shape index (κ2) is 15.4. The lowest BCUT2D eigenvalue weighted by atomic mass is 10.1. The van der Waals surface area contributed by atoms with Crippen molar-refractivity contribution in [2.24, 2.45) is 0 Å². The summed E-state index contributed by atoms with van der Waals surface area (Å²) in [5, 5.41) is 0. The predicted octanol–water partition coefficient (Wildman–Crippen LogP) is 10.7. The Balaban J connectivity index is 5.03. The molecule has 0 rings (SSSR count). The van der Waals surface area contributed by atoms with Crippen LogP contribution in [-0.4, -0.2) is 38.6 Å². The van der Waals surface area contributed by atoms with Crippen molar-refractivity contribution in [2.45, 2.75) is 134 Å². The van der Waals surface area contributed by atoms with Crippen LogP contribution in [0.2, 0.25) is 76.0 Å². The van der Waals surface area contributed by atoms with Gasteiger partial charge in [-0.15, -0.1) is 44.3 Å². The van der Waals surface area contributed by atoms with E-state index in [1.165, 1.54) is 51.4 Å². The molecular weight excluding hydrogens is 566 g/mol. The van der Waals surface area contributed by atoms with Crippen molar-refractivity contribution in [1.29, 1.82) is 0 Å². The van der Waals surface area contributed by atoms with Crippen LogP contribution in [0.1, 0.15) is 58.3 Å². The Morgan fingerprint density at radius 1 is 0.469 bits per heavy atom. The zero-order chi connectivity index (χ0) is 25.1. The molecule has 0 unspecified atom stereocenters. The van der Waals surface area contributed by atoms with E-state index in [0.717, 1.165) is 30.2 Å². The van der Waals surface area contributed by atoms with Crippen LogP contribution >= 0.6 is 44.3 Å². The first-order chi connectivity index (χ1) is 14.4. The molecule has 0 aliphatic heterocycles. The van der Waals surface area contributed by atoms with Crippen molar-refractivity contribution in [3.63, 3.8) is 0 Å². The third-order valence-corrected chi connectivity index (χ3v) is 23.4. The fourth-order valence-electron chi connectivity index (χ4n) is 4.01. The van der Waals surface area contributed by atoms with Gasteiger partial charge in [-0.25, -0.2) is 0 Å². The van der Waals surface area contributed by atoms with Crippen molar-refractivity contribution in [1.82, 2.24) is 0 Å². The highest BCUT2D eigenvalue weighted by molar-refractivity contribution is 7.45. The molecule has 0 spiro atoms. The molecule has 0 N–H and O–H groups in total. The summed E-state index contributed by atoms with van der Waals surface area (Å²) in [4.78, 5) is 0. The van der Waals surface area contributed by atoms with Gasteiger partial charge in [-0.05, 0) is 76.0 Å². The van der Waals surface area contributed by atoms with Crippen molar-refractivity contribution in [2.75, 3.05) is 0 Å². The summed E-state index contributed by atoms with van der Waals surface area (Å²) < 4.78 is 14.0. The summed E-state index contributed by atoms with van der Waals surface area (Å²) in [5.74, 6) is 0. The van der Waals surface area contributed by atoms with E-state index in [2.05, 4.69) is 39.7 Å². The van der Waals surface area contributed by atoms with E-state index in [1.807, 2.05) is 13.1 Å². The third kappa shape index (κ3) is 20.4. The number of hydrogen-bond acceptors (Lipinski definition) is 2. The van der Waals surface area contributed by atoms with E-state index in [4.69, 9.17) is 52.5 Å². The van der Waals surface area contributed by atoms with Gasteiger partial charge in [-0.1, -0.05) is 58.3 Å². The smallest absolute Gasteiger partial charge is 0.314 e. The lowest BCUT2D eigenvalue weighted by Gasteiger charge is -2.41. The van der Waals surface area contributed by atoms with Gasteiger partial charge in [0.15, 0.2) is 16.6 Å². The molecule has 0 aliphatic rings. The lowest BCUT2D eigenvalue weighted by molar-refractivity contribution is 0.374. The lowest BCUT2D eigenvalue weighted by Crippen LogP contribution is -2.54. The monoisotopic (exact) mass is 614 g/mol. The first-order valence-corrected chi connectivity index (χ1v) is 30.8. The maximum absolute atomic E-state index is 6.99. The Morgan fingerprint density at radius 3 is 1.16 bits per heavy atom. The van der Waals surface area contributed by atoms with E-state index in [9.17, 15) is 0 Å². The Bertz CT molecular complexity index is 479. The highest BCUT2D eigenvalue weighted by atomic mass is 35.7. The maximum atomic E-state index is 6.99. The summed E-state index contributed by atoms with van der Waals surface area (Å²) >= 11 is 25.6. The molecule has 32 heavy (non-hydrogen) atoms. The second-order valence-corrected chi connectivity index (χ2v) is 40.1. The number of rotatable bonds is 19. The Labute approximate surface area is 224 Å². The van der Waals surface area contributed by atoms with Gasteiger partial charge < -0.3 is 8.23 Å². The Hall–Kier alpha value is 2.16. The summed E-state index contributed by atoms with van der Waals surface area (Å²) in [5.41, 5.74) is 0. The molecule has 0 aliphatic carbocycles. The normalized spacial score (nSPS) is 14.2. The Kier molecular flexibility index (Phi) is 16.5. The highest BCUT2D eigenvalue weighted by Gasteiger charge is 2.43. The van der Waals surface area contributed by atoms with Crippen LogP contribution in [-0.2, 0) is 8.23 Å². The van der Waals surface area contributed by atoms with Crippen LogP contribution in [0.15, 0.2) is 0 Å². The molecule has 0 aromatic carbocycles. The van der Waals surface area contributed by atoms with Crippen LogP contribution in [0.25, 0.3) is 0 Å². The minimum atomic E-state index is -2.31. The van der Waals surface area contributed by atoms with E-state index in [-0.39, 0.29) is 0 Å². The first kappa shape index (κ1) is 34.2. The van der Waals surface area contributed by atoms with Crippen molar-refractivity contribution < 1.29 is 8.23 Å². The van der Waals surface area contributed by atoms with Crippen LogP contribution in [0.5, 0.6) is 0 Å². The van der Waals surface area contributed by atoms with Crippen LogP contribution in [0.3, 0.4) is 0 Å². The van der Waals surface area contributed by atoms with Gasteiger partial charge >= 0.3 is 8.56 Å². The van der Waals surface area contributed by atoms with Gasteiger partial charge in [-0.2, -0.15) is 0 Å². The first-order valence-electron chi connectivity index (χ1n) is 12.5. The molecule has 0 saturated heterocycles. The molecule has 194 valence electrons. The summed E-state index contributed by atoms with van der Waals surface area (Å²) in [6.45, 7) is 13.6. The molecule has 0 amide bonds. The minimum Gasteiger partial charge on any atom is -0.436 e. The maximum Gasteiger partial charge on any atom is 0.314 e. The summed E-state index contributed by atoms with van der Waals surface area (Å²) in [7, 11) is -6.15. The molecule has 0 aromatic heterocycles. The number of hydrogen-bond donors (Lipinski definition) is 0. The molecule has 11 heteroatoms. The molecule has 0 radical (unpaired) electrons. The van der Waals surface area contributed by atoms with Crippen molar-refractivity contribution in [3.8, 4) is 0 Å². The van der Waals surface area contributed by atoms with Crippen LogP contribution < -0.4 is 0 Å². The number of unbranched alkanes of at least 4 members (excludes halogenated alkanes) is 7. The van der Waals surface area contributed by atoms with Gasteiger partial charge in [0.25, 0.3) is 0 Å². The van der Waals surface area contributed by atoms with Gasteiger partial charge in [0, 0.05) is 0 Å². The van der Waals surface area contributed by atoms with E-state index in [1.54, 1.807) is 0 Å². The average Bonchev–Trinajstić information content (AvgIpc) is 2.59. The van der Waals surface area contributed by atoms with E-state index >= 15 is 0 Å². The molecule has 0 bridgehead atoms. The average molecular weight is 617 g/mol. The zero-order valence-corrected chi connectivity index (χ0v) is 30.0. The number of halogens is 4. The van der Waals surface area contributed by atoms with Crippen LogP contribution in [0, 0.1) is 0 Å². The molecule has 0 heterocycles. The molecule has 0 atom stereocenters.